The van der Waals surface area contributed by atoms with E-state index in [0.29, 0.717) is 25.6 Å². The Morgan fingerprint density at radius 2 is 1.80 bits per heavy atom. The van der Waals surface area contributed by atoms with E-state index in [4.69, 9.17) is 0 Å². The maximum Gasteiger partial charge on any atom is 0.307 e. The van der Waals surface area contributed by atoms with E-state index in [-0.39, 0.29) is 47.9 Å². The zero-order valence-corrected chi connectivity index (χ0v) is 14.5. The van der Waals surface area contributed by atoms with E-state index in [1.54, 1.807) is 7.05 Å². The molecular formula is C17H24N4O4. The fourth-order valence-electron chi connectivity index (χ4n) is 4.08. The van der Waals surface area contributed by atoms with Gasteiger partial charge in [-0.05, 0) is 18.3 Å². The molecule has 3 rings (SSSR count). The predicted molar refractivity (Wildman–Crippen MR) is 90.4 cm³/mol. The maximum atomic E-state index is 12.6. The second kappa shape index (κ2) is 7.25. The summed E-state index contributed by atoms with van der Waals surface area (Å²) in [6.07, 6.45) is 5.35. The first-order chi connectivity index (χ1) is 12.1. The first kappa shape index (κ1) is 17.4. The van der Waals surface area contributed by atoms with Crippen molar-refractivity contribution in [3.63, 3.8) is 0 Å². The van der Waals surface area contributed by atoms with E-state index in [1.807, 2.05) is 0 Å². The molecule has 1 saturated carbocycles. The molecule has 2 bridgehead atoms. The van der Waals surface area contributed by atoms with Crippen molar-refractivity contribution in [1.29, 1.82) is 0 Å². The molecule has 8 nitrogen and oxygen atoms in total. The molecule has 25 heavy (non-hydrogen) atoms. The standard InChI is InChI=1S/C17H24N4O4/c1-18-17(19-6-5-12(22)25-2)20-7-8-21-15(23)13-10-3-4-11(9-10)14(13)16(21)24/h3-4,10-11,13-14H,5-9H2,1-2H3,(H2,18,19,20). The molecule has 0 aromatic heterocycles. The Labute approximate surface area is 146 Å². The molecule has 4 atom stereocenters. The predicted octanol–water partition coefficient (Wildman–Crippen LogP) is -0.478. The number of nitrogens with zero attached hydrogens (tertiary/aromatic N) is 2. The number of amides is 2. The monoisotopic (exact) mass is 348 g/mol. The van der Waals surface area contributed by atoms with Gasteiger partial charge >= 0.3 is 5.97 Å². The van der Waals surface area contributed by atoms with Crippen LogP contribution < -0.4 is 10.6 Å². The number of aliphatic imine (C=N–C) groups is 1. The Kier molecular flexibility index (Phi) is 5.06. The van der Waals surface area contributed by atoms with Crippen LogP contribution in [0, 0.1) is 23.7 Å². The summed E-state index contributed by atoms with van der Waals surface area (Å²) in [5.41, 5.74) is 0. The molecule has 0 aromatic rings. The van der Waals surface area contributed by atoms with Crippen LogP contribution in [0.4, 0.5) is 0 Å². The number of fused-ring (bicyclic) bond motifs is 5. The van der Waals surface area contributed by atoms with E-state index in [2.05, 4.69) is 32.5 Å². The number of hydrogen-bond acceptors (Lipinski definition) is 5. The van der Waals surface area contributed by atoms with Gasteiger partial charge in [0, 0.05) is 26.7 Å². The second-order valence-electron chi connectivity index (χ2n) is 6.58. The van der Waals surface area contributed by atoms with Gasteiger partial charge in [0.2, 0.25) is 11.8 Å². The van der Waals surface area contributed by atoms with Crippen LogP contribution in [0.1, 0.15) is 12.8 Å². The van der Waals surface area contributed by atoms with Crippen LogP contribution in [-0.2, 0) is 19.1 Å². The Morgan fingerprint density at radius 1 is 1.20 bits per heavy atom. The number of hydrogen-bond donors (Lipinski definition) is 2. The lowest BCUT2D eigenvalue weighted by Gasteiger charge is -2.18. The minimum atomic E-state index is -0.300. The zero-order valence-electron chi connectivity index (χ0n) is 14.5. The quantitative estimate of drug-likeness (QED) is 0.221. The van der Waals surface area contributed by atoms with E-state index >= 15 is 0 Å². The van der Waals surface area contributed by atoms with Gasteiger partial charge in [0.25, 0.3) is 0 Å². The normalized spacial score (nSPS) is 30.0. The summed E-state index contributed by atoms with van der Waals surface area (Å²) in [5.74, 6) is 0.301. The van der Waals surface area contributed by atoms with E-state index in [0.717, 1.165) is 6.42 Å². The van der Waals surface area contributed by atoms with Crippen LogP contribution in [0.15, 0.2) is 17.1 Å². The molecule has 2 N–H and O–H groups in total. The zero-order chi connectivity index (χ0) is 18.0. The second-order valence-corrected chi connectivity index (χ2v) is 6.58. The molecule has 3 aliphatic rings. The summed E-state index contributed by atoms with van der Waals surface area (Å²) in [4.78, 5) is 41.6. The van der Waals surface area contributed by atoms with Gasteiger partial charge in [-0.15, -0.1) is 0 Å². The van der Waals surface area contributed by atoms with Gasteiger partial charge in [0.05, 0.1) is 25.4 Å². The fourth-order valence-corrected chi connectivity index (χ4v) is 4.08. The number of rotatable bonds is 6. The molecule has 2 aliphatic carbocycles. The number of guanidine groups is 1. The third-order valence-electron chi connectivity index (χ3n) is 5.26. The third kappa shape index (κ3) is 3.25. The van der Waals surface area contributed by atoms with Crippen LogP contribution in [0.25, 0.3) is 0 Å². The van der Waals surface area contributed by atoms with Crippen molar-refractivity contribution < 1.29 is 19.1 Å². The van der Waals surface area contributed by atoms with Crippen molar-refractivity contribution in [2.45, 2.75) is 12.8 Å². The molecule has 0 radical (unpaired) electrons. The van der Waals surface area contributed by atoms with E-state index in [9.17, 15) is 14.4 Å². The van der Waals surface area contributed by atoms with Gasteiger partial charge in [0.1, 0.15) is 0 Å². The average molecular weight is 348 g/mol. The van der Waals surface area contributed by atoms with Crippen LogP contribution in [0.3, 0.4) is 0 Å². The van der Waals surface area contributed by atoms with Crippen molar-refractivity contribution in [2.75, 3.05) is 33.8 Å². The molecule has 1 saturated heterocycles. The van der Waals surface area contributed by atoms with Crippen LogP contribution >= 0.6 is 0 Å². The lowest BCUT2D eigenvalue weighted by Crippen LogP contribution is -2.44. The highest BCUT2D eigenvalue weighted by Crippen LogP contribution is 2.52. The minimum Gasteiger partial charge on any atom is -0.469 e. The molecule has 8 heteroatoms. The fraction of sp³-hybridized carbons (Fsp3) is 0.647. The SMILES string of the molecule is CN=C(NCCC(=O)OC)NCCN1C(=O)C2C3C=CC(C3)C2C1=O. The Morgan fingerprint density at radius 3 is 2.36 bits per heavy atom. The van der Waals surface area contributed by atoms with Crippen molar-refractivity contribution >= 4 is 23.7 Å². The van der Waals surface area contributed by atoms with E-state index < -0.39 is 0 Å². The number of nitrogens with one attached hydrogen (secondary N) is 2. The highest BCUT2D eigenvalue weighted by molar-refractivity contribution is 6.06. The van der Waals surface area contributed by atoms with Gasteiger partial charge in [-0.25, -0.2) is 0 Å². The minimum absolute atomic E-state index is 0.0395. The van der Waals surface area contributed by atoms with Crippen molar-refractivity contribution in [2.24, 2.45) is 28.7 Å². The van der Waals surface area contributed by atoms with Gasteiger partial charge in [-0.1, -0.05) is 12.2 Å². The molecule has 2 fully saturated rings. The number of allylic oxidation sites excluding steroid dienone is 2. The molecular weight excluding hydrogens is 324 g/mol. The smallest absolute Gasteiger partial charge is 0.307 e. The van der Waals surface area contributed by atoms with Crippen molar-refractivity contribution in [3.8, 4) is 0 Å². The average Bonchev–Trinajstić information content (AvgIpc) is 3.29. The van der Waals surface area contributed by atoms with Gasteiger partial charge in [0.15, 0.2) is 5.96 Å². The number of imide groups is 1. The topological polar surface area (TPSA) is 100 Å². The van der Waals surface area contributed by atoms with E-state index in [1.165, 1.54) is 12.0 Å². The van der Waals surface area contributed by atoms with Gasteiger partial charge in [-0.2, -0.15) is 0 Å². The molecule has 4 unspecified atom stereocenters. The van der Waals surface area contributed by atoms with Crippen molar-refractivity contribution in [3.05, 3.63) is 12.2 Å². The largest absolute Gasteiger partial charge is 0.469 e. The summed E-state index contributed by atoms with van der Waals surface area (Å²) in [7, 11) is 2.96. The van der Waals surface area contributed by atoms with Crippen LogP contribution in [0.5, 0.6) is 0 Å². The third-order valence-corrected chi connectivity index (χ3v) is 5.26. The number of carbonyl (C=O) groups is 3. The number of likely N-dealkylation sites (tertiary alicyclic amines) is 1. The summed E-state index contributed by atoms with van der Waals surface area (Å²) in [6.45, 7) is 1.13. The number of carbonyl (C=O) groups excluding carboxylic acids is 3. The van der Waals surface area contributed by atoms with Gasteiger partial charge in [-0.3, -0.25) is 24.3 Å². The molecule has 1 heterocycles. The first-order valence-electron chi connectivity index (χ1n) is 8.61. The Hall–Kier alpha value is -2.38. The molecule has 136 valence electrons. The summed E-state index contributed by atoms with van der Waals surface area (Å²) >= 11 is 0. The molecule has 0 spiro atoms. The Bertz CT molecular complexity index is 600. The lowest BCUT2D eigenvalue weighted by atomic mass is 9.85. The van der Waals surface area contributed by atoms with Crippen molar-refractivity contribution in [1.82, 2.24) is 15.5 Å². The van der Waals surface area contributed by atoms with Crippen LogP contribution in [0.2, 0.25) is 0 Å². The summed E-state index contributed by atoms with van der Waals surface area (Å²) < 4.78 is 4.57. The molecule has 2 amide bonds. The number of esters is 1. The Balaban J connectivity index is 1.45. The maximum absolute atomic E-state index is 12.6. The van der Waals surface area contributed by atoms with Gasteiger partial charge < -0.3 is 15.4 Å². The molecule has 0 aromatic carbocycles. The molecule has 1 aliphatic heterocycles. The van der Waals surface area contributed by atoms with Crippen LogP contribution in [-0.4, -0.2) is 62.4 Å². The lowest BCUT2D eigenvalue weighted by molar-refractivity contribution is -0.141. The first-order valence-corrected chi connectivity index (χ1v) is 8.61. The summed E-state index contributed by atoms with van der Waals surface area (Å²) in [6, 6.07) is 0. The summed E-state index contributed by atoms with van der Waals surface area (Å²) in [5, 5.41) is 6.04. The number of ether oxygens (including phenoxy) is 1. The highest BCUT2D eigenvalue weighted by Gasteiger charge is 2.58. The highest BCUT2D eigenvalue weighted by atomic mass is 16.5. The number of methoxy groups -OCH3 is 1.